The number of nitrogens with one attached hydrogen (secondary N) is 1. The van der Waals surface area contributed by atoms with Crippen LogP contribution in [0.2, 0.25) is 0 Å². The molecule has 2 aromatic heterocycles. The van der Waals surface area contributed by atoms with Gasteiger partial charge in [-0.1, -0.05) is 29.8 Å². The number of furan rings is 1. The highest BCUT2D eigenvalue weighted by molar-refractivity contribution is 5.97. The van der Waals surface area contributed by atoms with Gasteiger partial charge in [-0.15, -0.1) is 0 Å². The molecule has 3 rings (SSSR count). The van der Waals surface area contributed by atoms with E-state index in [2.05, 4.69) is 36.5 Å². The molecule has 0 aliphatic carbocycles. The zero-order chi connectivity index (χ0) is 14.8. The van der Waals surface area contributed by atoms with Gasteiger partial charge < -0.3 is 14.3 Å². The Labute approximate surface area is 123 Å². The molecule has 1 aromatic carbocycles. The van der Waals surface area contributed by atoms with E-state index >= 15 is 0 Å². The average molecular weight is 282 g/mol. The highest BCUT2D eigenvalue weighted by Crippen LogP contribution is 2.22. The van der Waals surface area contributed by atoms with Crippen LogP contribution in [-0.2, 0) is 6.54 Å². The lowest BCUT2D eigenvalue weighted by Crippen LogP contribution is -2.25. The van der Waals surface area contributed by atoms with Crippen molar-refractivity contribution in [1.82, 2.24) is 9.88 Å². The van der Waals surface area contributed by atoms with Gasteiger partial charge in [-0.05, 0) is 19.4 Å². The van der Waals surface area contributed by atoms with Crippen molar-refractivity contribution in [3.8, 4) is 0 Å². The monoisotopic (exact) mass is 282 g/mol. The van der Waals surface area contributed by atoms with Gasteiger partial charge in [0.15, 0.2) is 5.58 Å². The summed E-state index contributed by atoms with van der Waals surface area (Å²) in [5, 5.41) is 2.85. The van der Waals surface area contributed by atoms with Crippen molar-refractivity contribution in [2.24, 2.45) is 0 Å². The van der Waals surface area contributed by atoms with Gasteiger partial charge in [0, 0.05) is 25.2 Å². The van der Waals surface area contributed by atoms with E-state index < -0.39 is 0 Å². The van der Waals surface area contributed by atoms with Crippen molar-refractivity contribution in [3.05, 3.63) is 59.5 Å². The van der Waals surface area contributed by atoms with Crippen molar-refractivity contribution < 1.29 is 9.21 Å². The maximum atomic E-state index is 12.2. The minimum absolute atomic E-state index is 0.0731. The molecule has 0 aliphatic heterocycles. The summed E-state index contributed by atoms with van der Waals surface area (Å²) in [5.74, 6) is -0.0731. The third-order valence-electron chi connectivity index (χ3n) is 3.55. The summed E-state index contributed by atoms with van der Waals surface area (Å²) >= 11 is 0. The van der Waals surface area contributed by atoms with Crippen LogP contribution in [-0.4, -0.2) is 17.0 Å². The number of benzene rings is 1. The summed E-state index contributed by atoms with van der Waals surface area (Å²) in [5.41, 5.74) is 4.69. The molecular weight excluding hydrogens is 264 g/mol. The van der Waals surface area contributed by atoms with Crippen molar-refractivity contribution in [2.45, 2.75) is 20.4 Å². The number of aromatic nitrogens is 1. The summed E-state index contributed by atoms with van der Waals surface area (Å²) in [4.78, 5) is 12.2. The van der Waals surface area contributed by atoms with E-state index in [1.54, 1.807) is 12.3 Å². The van der Waals surface area contributed by atoms with E-state index in [0.717, 1.165) is 16.7 Å². The van der Waals surface area contributed by atoms with Gasteiger partial charge in [0.05, 0.1) is 11.8 Å². The topological polar surface area (TPSA) is 47.2 Å². The molecule has 0 unspecified atom stereocenters. The Bertz CT molecular complexity index is 766. The van der Waals surface area contributed by atoms with Crippen LogP contribution in [0.3, 0.4) is 0 Å². The molecule has 0 atom stereocenters. The summed E-state index contributed by atoms with van der Waals surface area (Å²) in [6.07, 6.45) is 1.65. The normalized spacial score (nSPS) is 11.0. The fourth-order valence-electron chi connectivity index (χ4n) is 2.46. The third-order valence-corrected chi connectivity index (χ3v) is 3.55. The van der Waals surface area contributed by atoms with E-state index in [4.69, 9.17) is 4.42 Å². The molecule has 2 heterocycles. The molecule has 0 fully saturated rings. The quantitative estimate of drug-likeness (QED) is 0.797. The van der Waals surface area contributed by atoms with E-state index in [1.807, 2.05) is 17.6 Å². The zero-order valence-corrected chi connectivity index (χ0v) is 12.2. The standard InChI is InChI=1S/C17H18N2O2/c1-3-18-17(20)15-10-16-14(8-9-21-16)19(15)11-13-6-4-12(2)5-7-13/h4-10H,3,11H2,1-2H3,(H,18,20). The van der Waals surface area contributed by atoms with E-state index in [1.165, 1.54) is 5.56 Å². The SMILES string of the molecule is CCNC(=O)c1cc2occc2n1Cc1ccc(C)cc1. The Morgan fingerprint density at radius 2 is 2.00 bits per heavy atom. The number of hydrogen-bond donors (Lipinski definition) is 1. The summed E-state index contributed by atoms with van der Waals surface area (Å²) in [6, 6.07) is 12.0. The first-order valence-corrected chi connectivity index (χ1v) is 7.09. The molecule has 108 valence electrons. The Morgan fingerprint density at radius 3 is 2.71 bits per heavy atom. The Balaban J connectivity index is 2.02. The lowest BCUT2D eigenvalue weighted by Gasteiger charge is -2.10. The predicted octanol–water partition coefficient (Wildman–Crippen LogP) is 3.34. The number of carbonyl (C=O) groups excluding carboxylic acids is 1. The molecule has 4 heteroatoms. The van der Waals surface area contributed by atoms with Crippen LogP contribution < -0.4 is 5.32 Å². The Kier molecular flexibility index (Phi) is 3.52. The van der Waals surface area contributed by atoms with E-state index in [-0.39, 0.29) is 5.91 Å². The molecule has 21 heavy (non-hydrogen) atoms. The van der Waals surface area contributed by atoms with Crippen LogP contribution >= 0.6 is 0 Å². The van der Waals surface area contributed by atoms with Gasteiger partial charge in [0.25, 0.3) is 5.91 Å². The lowest BCUT2D eigenvalue weighted by atomic mass is 10.1. The molecule has 0 aliphatic rings. The molecule has 3 aromatic rings. The maximum absolute atomic E-state index is 12.2. The highest BCUT2D eigenvalue weighted by Gasteiger charge is 2.17. The van der Waals surface area contributed by atoms with Crippen LogP contribution in [0.4, 0.5) is 0 Å². The van der Waals surface area contributed by atoms with Crippen LogP contribution in [0.25, 0.3) is 11.1 Å². The van der Waals surface area contributed by atoms with Crippen molar-refractivity contribution in [3.63, 3.8) is 0 Å². The molecule has 1 N–H and O–H groups in total. The van der Waals surface area contributed by atoms with Gasteiger partial charge in [-0.2, -0.15) is 0 Å². The first kappa shape index (κ1) is 13.5. The molecular formula is C17H18N2O2. The van der Waals surface area contributed by atoms with Crippen LogP contribution in [0.1, 0.15) is 28.5 Å². The number of carbonyl (C=O) groups is 1. The molecule has 0 spiro atoms. The third kappa shape index (κ3) is 2.57. The van der Waals surface area contributed by atoms with Gasteiger partial charge in [0.1, 0.15) is 5.69 Å². The van der Waals surface area contributed by atoms with E-state index in [9.17, 15) is 4.79 Å². The maximum Gasteiger partial charge on any atom is 0.268 e. The van der Waals surface area contributed by atoms with Crippen molar-refractivity contribution in [2.75, 3.05) is 6.54 Å². The largest absolute Gasteiger partial charge is 0.463 e. The smallest absolute Gasteiger partial charge is 0.268 e. The van der Waals surface area contributed by atoms with Crippen LogP contribution in [0, 0.1) is 6.92 Å². The average Bonchev–Trinajstić information content (AvgIpc) is 3.04. The van der Waals surface area contributed by atoms with Crippen molar-refractivity contribution >= 4 is 17.0 Å². The van der Waals surface area contributed by atoms with E-state index in [0.29, 0.717) is 18.8 Å². The first-order valence-electron chi connectivity index (χ1n) is 7.09. The number of rotatable bonds is 4. The molecule has 0 bridgehead atoms. The number of aryl methyl sites for hydroxylation is 1. The first-order chi connectivity index (χ1) is 10.2. The number of amides is 1. The zero-order valence-electron chi connectivity index (χ0n) is 12.2. The summed E-state index contributed by atoms with van der Waals surface area (Å²) in [6.45, 7) is 5.23. The molecule has 0 radical (unpaired) electrons. The minimum atomic E-state index is -0.0731. The fraction of sp³-hybridized carbons (Fsp3) is 0.235. The molecule has 4 nitrogen and oxygen atoms in total. The van der Waals surface area contributed by atoms with Gasteiger partial charge >= 0.3 is 0 Å². The number of nitrogens with zero attached hydrogens (tertiary/aromatic N) is 1. The van der Waals surface area contributed by atoms with Crippen molar-refractivity contribution in [1.29, 1.82) is 0 Å². The van der Waals surface area contributed by atoms with Gasteiger partial charge in [-0.25, -0.2) is 0 Å². The molecule has 1 amide bonds. The Morgan fingerprint density at radius 1 is 1.24 bits per heavy atom. The van der Waals surface area contributed by atoms with Gasteiger partial charge in [-0.3, -0.25) is 4.79 Å². The minimum Gasteiger partial charge on any atom is -0.463 e. The predicted molar refractivity (Wildman–Crippen MR) is 82.5 cm³/mol. The second kappa shape index (κ2) is 5.48. The number of hydrogen-bond acceptors (Lipinski definition) is 2. The van der Waals surface area contributed by atoms with Crippen LogP contribution in [0.5, 0.6) is 0 Å². The fourth-order valence-corrected chi connectivity index (χ4v) is 2.46. The Hall–Kier alpha value is -2.49. The van der Waals surface area contributed by atoms with Gasteiger partial charge in [0.2, 0.25) is 0 Å². The molecule has 0 saturated carbocycles. The second-order valence-electron chi connectivity index (χ2n) is 5.13. The highest BCUT2D eigenvalue weighted by atomic mass is 16.3. The summed E-state index contributed by atoms with van der Waals surface area (Å²) < 4.78 is 7.42. The summed E-state index contributed by atoms with van der Waals surface area (Å²) in [7, 11) is 0. The number of fused-ring (bicyclic) bond motifs is 1. The van der Waals surface area contributed by atoms with Crippen LogP contribution in [0.15, 0.2) is 47.1 Å². The molecule has 0 saturated heterocycles. The second-order valence-corrected chi connectivity index (χ2v) is 5.13. The lowest BCUT2D eigenvalue weighted by molar-refractivity contribution is 0.0947.